The van der Waals surface area contributed by atoms with Crippen molar-refractivity contribution in [3.8, 4) is 5.75 Å². The third kappa shape index (κ3) is 6.92. The fourth-order valence-corrected chi connectivity index (χ4v) is 3.76. The number of nitro benzene ring substituents is 1. The molecule has 0 atom stereocenters. The van der Waals surface area contributed by atoms with Crippen molar-refractivity contribution in [3.63, 3.8) is 0 Å². The SMILES string of the molecule is COc1ccc(C)cc1NC(=O)CNC(=O)COC(=O)c1cc([N+](=O)[O-])ccc1N1CCCCC1. The van der Waals surface area contributed by atoms with Crippen LogP contribution in [0.2, 0.25) is 0 Å². The maximum atomic E-state index is 12.7. The van der Waals surface area contributed by atoms with Gasteiger partial charge in [-0.3, -0.25) is 19.7 Å². The normalized spacial score (nSPS) is 13.0. The molecule has 0 radical (unpaired) electrons. The Morgan fingerprint density at radius 2 is 1.80 bits per heavy atom. The van der Waals surface area contributed by atoms with Crippen LogP contribution in [0.15, 0.2) is 36.4 Å². The van der Waals surface area contributed by atoms with Crippen LogP contribution >= 0.6 is 0 Å². The van der Waals surface area contributed by atoms with Gasteiger partial charge in [0.15, 0.2) is 6.61 Å². The minimum Gasteiger partial charge on any atom is -0.495 e. The molecule has 0 unspecified atom stereocenters. The molecule has 1 saturated heterocycles. The van der Waals surface area contributed by atoms with Gasteiger partial charge in [0.1, 0.15) is 5.75 Å². The lowest BCUT2D eigenvalue weighted by molar-refractivity contribution is -0.384. The van der Waals surface area contributed by atoms with E-state index < -0.39 is 29.3 Å². The smallest absolute Gasteiger partial charge is 0.341 e. The average Bonchev–Trinajstić information content (AvgIpc) is 2.86. The van der Waals surface area contributed by atoms with Crippen molar-refractivity contribution in [3.05, 3.63) is 57.6 Å². The highest BCUT2D eigenvalue weighted by atomic mass is 16.6. The molecule has 1 fully saturated rings. The van der Waals surface area contributed by atoms with E-state index in [0.29, 0.717) is 17.1 Å². The summed E-state index contributed by atoms with van der Waals surface area (Å²) in [7, 11) is 1.48. The van der Waals surface area contributed by atoms with Gasteiger partial charge in [0.2, 0.25) is 5.91 Å². The van der Waals surface area contributed by atoms with E-state index in [0.717, 1.165) is 44.0 Å². The van der Waals surface area contributed by atoms with Crippen molar-refractivity contribution >= 4 is 34.8 Å². The van der Waals surface area contributed by atoms with Crippen LogP contribution in [0.3, 0.4) is 0 Å². The molecule has 11 heteroatoms. The van der Waals surface area contributed by atoms with Crippen molar-refractivity contribution in [2.24, 2.45) is 0 Å². The summed E-state index contributed by atoms with van der Waals surface area (Å²) in [5.41, 5.74) is 1.70. The molecular formula is C24H28N4O7. The number of non-ortho nitro benzene ring substituents is 1. The third-order valence-electron chi connectivity index (χ3n) is 5.52. The van der Waals surface area contributed by atoms with Crippen molar-refractivity contribution in [1.29, 1.82) is 0 Å². The second kappa shape index (κ2) is 11.8. The van der Waals surface area contributed by atoms with E-state index in [-0.39, 0.29) is 17.8 Å². The van der Waals surface area contributed by atoms with Gasteiger partial charge in [-0.2, -0.15) is 0 Å². The number of nitro groups is 1. The van der Waals surface area contributed by atoms with Gasteiger partial charge in [-0.05, 0) is 49.9 Å². The number of hydrogen-bond acceptors (Lipinski definition) is 8. The number of hydrogen-bond donors (Lipinski definition) is 2. The number of nitrogens with one attached hydrogen (secondary N) is 2. The lowest BCUT2D eigenvalue weighted by Crippen LogP contribution is -2.36. The zero-order valence-corrected chi connectivity index (χ0v) is 19.7. The van der Waals surface area contributed by atoms with Gasteiger partial charge in [-0.15, -0.1) is 0 Å². The summed E-state index contributed by atoms with van der Waals surface area (Å²) in [4.78, 5) is 49.7. The van der Waals surface area contributed by atoms with E-state index in [9.17, 15) is 24.5 Å². The summed E-state index contributed by atoms with van der Waals surface area (Å²) in [6.45, 7) is 2.33. The summed E-state index contributed by atoms with van der Waals surface area (Å²) in [5, 5.41) is 16.2. The first-order valence-corrected chi connectivity index (χ1v) is 11.2. The number of anilines is 2. The lowest BCUT2D eigenvalue weighted by Gasteiger charge is -2.30. The number of amides is 2. The summed E-state index contributed by atoms with van der Waals surface area (Å²) < 4.78 is 10.3. The highest BCUT2D eigenvalue weighted by molar-refractivity contribution is 5.99. The van der Waals surface area contributed by atoms with Gasteiger partial charge >= 0.3 is 5.97 Å². The zero-order valence-electron chi connectivity index (χ0n) is 19.7. The van der Waals surface area contributed by atoms with Gasteiger partial charge < -0.3 is 25.0 Å². The molecule has 0 aromatic heterocycles. The van der Waals surface area contributed by atoms with Crippen LogP contribution in [0, 0.1) is 17.0 Å². The Kier molecular flexibility index (Phi) is 8.60. The van der Waals surface area contributed by atoms with Crippen LogP contribution < -0.4 is 20.3 Å². The zero-order chi connectivity index (χ0) is 25.4. The monoisotopic (exact) mass is 484 g/mol. The molecule has 0 spiro atoms. The molecule has 2 N–H and O–H groups in total. The first-order chi connectivity index (χ1) is 16.8. The fourth-order valence-electron chi connectivity index (χ4n) is 3.76. The van der Waals surface area contributed by atoms with Gasteiger partial charge in [0.25, 0.3) is 11.6 Å². The van der Waals surface area contributed by atoms with Crippen LogP contribution in [0.25, 0.3) is 0 Å². The first-order valence-electron chi connectivity index (χ1n) is 11.2. The largest absolute Gasteiger partial charge is 0.495 e. The number of methoxy groups -OCH3 is 1. The van der Waals surface area contributed by atoms with E-state index in [2.05, 4.69) is 10.6 Å². The first kappa shape index (κ1) is 25.5. The molecule has 2 amide bonds. The van der Waals surface area contributed by atoms with Gasteiger partial charge in [0.05, 0.1) is 35.5 Å². The number of esters is 1. The molecule has 1 aliphatic heterocycles. The van der Waals surface area contributed by atoms with Crippen LogP contribution in [0.5, 0.6) is 5.75 Å². The number of benzene rings is 2. The molecule has 1 aliphatic rings. The Morgan fingerprint density at radius 1 is 1.06 bits per heavy atom. The van der Waals surface area contributed by atoms with Gasteiger partial charge in [-0.25, -0.2) is 4.79 Å². The predicted octanol–water partition coefficient (Wildman–Crippen LogP) is 2.81. The summed E-state index contributed by atoms with van der Waals surface area (Å²) >= 11 is 0. The number of nitrogens with zero attached hydrogens (tertiary/aromatic N) is 2. The highest BCUT2D eigenvalue weighted by Gasteiger charge is 2.23. The molecule has 1 heterocycles. The number of piperidine rings is 1. The Bertz CT molecular complexity index is 1110. The van der Waals surface area contributed by atoms with E-state index >= 15 is 0 Å². The third-order valence-corrected chi connectivity index (χ3v) is 5.52. The van der Waals surface area contributed by atoms with E-state index in [4.69, 9.17) is 9.47 Å². The Morgan fingerprint density at radius 3 is 2.49 bits per heavy atom. The molecule has 3 rings (SSSR count). The van der Waals surface area contributed by atoms with E-state index in [1.54, 1.807) is 12.1 Å². The second-order valence-electron chi connectivity index (χ2n) is 8.11. The molecule has 11 nitrogen and oxygen atoms in total. The van der Waals surface area contributed by atoms with Crippen LogP contribution in [0.1, 0.15) is 35.2 Å². The Labute approximate surface area is 202 Å². The minimum atomic E-state index is -0.849. The Hall–Kier alpha value is -4.15. The quantitative estimate of drug-likeness (QED) is 0.315. The van der Waals surface area contributed by atoms with Gasteiger partial charge in [-0.1, -0.05) is 6.07 Å². The van der Waals surface area contributed by atoms with Crippen molar-refractivity contribution in [2.45, 2.75) is 26.2 Å². The summed E-state index contributed by atoms with van der Waals surface area (Å²) in [5.74, 6) is -1.54. The molecule has 0 aliphatic carbocycles. The van der Waals surface area contributed by atoms with Crippen LogP contribution in [-0.2, 0) is 14.3 Å². The molecule has 0 saturated carbocycles. The number of carbonyl (C=O) groups is 3. The molecule has 2 aromatic carbocycles. The average molecular weight is 485 g/mol. The molecular weight excluding hydrogens is 456 g/mol. The maximum absolute atomic E-state index is 12.7. The number of ether oxygens (including phenoxy) is 2. The van der Waals surface area contributed by atoms with Crippen molar-refractivity contribution in [2.75, 3.05) is 43.6 Å². The predicted molar refractivity (Wildman–Crippen MR) is 129 cm³/mol. The number of rotatable bonds is 9. The van der Waals surface area contributed by atoms with Crippen molar-refractivity contribution < 1.29 is 28.8 Å². The van der Waals surface area contributed by atoms with Gasteiger partial charge in [0, 0.05) is 25.2 Å². The molecule has 186 valence electrons. The molecule has 35 heavy (non-hydrogen) atoms. The van der Waals surface area contributed by atoms with E-state index in [1.807, 2.05) is 17.9 Å². The topological polar surface area (TPSA) is 140 Å². The molecule has 2 aromatic rings. The highest BCUT2D eigenvalue weighted by Crippen LogP contribution is 2.29. The Balaban J connectivity index is 1.57. The lowest BCUT2D eigenvalue weighted by atomic mass is 10.1. The van der Waals surface area contributed by atoms with E-state index in [1.165, 1.54) is 19.2 Å². The van der Waals surface area contributed by atoms with Crippen LogP contribution in [0.4, 0.5) is 17.1 Å². The van der Waals surface area contributed by atoms with Crippen molar-refractivity contribution in [1.82, 2.24) is 5.32 Å². The van der Waals surface area contributed by atoms with Crippen LogP contribution in [-0.4, -0.2) is 56.1 Å². The molecule has 0 bridgehead atoms. The minimum absolute atomic E-state index is 0.0261. The second-order valence-corrected chi connectivity index (χ2v) is 8.11. The standard InChI is InChI=1S/C24H28N4O7/c1-16-6-9-21(34-2)19(12-16)26-22(29)14-25-23(30)15-35-24(31)18-13-17(28(32)33)7-8-20(18)27-10-4-3-5-11-27/h6-9,12-13H,3-5,10-11,14-15H2,1-2H3,(H,25,30)(H,26,29). The fraction of sp³-hybridized carbons (Fsp3) is 0.375. The number of aryl methyl sites for hydroxylation is 1. The summed E-state index contributed by atoms with van der Waals surface area (Å²) in [6, 6.07) is 9.32. The summed E-state index contributed by atoms with van der Waals surface area (Å²) in [6.07, 6.45) is 2.97. The number of carbonyl (C=O) groups excluding carboxylic acids is 3. The maximum Gasteiger partial charge on any atom is 0.341 e.